The summed E-state index contributed by atoms with van der Waals surface area (Å²) in [5.41, 5.74) is 1.24. The van der Waals surface area contributed by atoms with Crippen LogP contribution in [-0.4, -0.2) is 67.4 Å². The van der Waals surface area contributed by atoms with Crippen molar-refractivity contribution < 1.29 is 0 Å². The van der Waals surface area contributed by atoms with Gasteiger partial charge in [0.25, 0.3) is 0 Å². The summed E-state index contributed by atoms with van der Waals surface area (Å²) in [6.07, 6.45) is 3.04. The van der Waals surface area contributed by atoms with Gasteiger partial charge in [-0.15, -0.1) is 0 Å². The lowest BCUT2D eigenvalue weighted by atomic mass is 10.2. The molecule has 0 amide bonds. The normalized spacial score (nSPS) is 13.4. The fourth-order valence-corrected chi connectivity index (χ4v) is 2.70. The van der Waals surface area contributed by atoms with Crippen molar-refractivity contribution in [1.82, 2.24) is 24.9 Å². The van der Waals surface area contributed by atoms with Gasteiger partial charge >= 0.3 is 0 Å². The summed E-state index contributed by atoms with van der Waals surface area (Å²) in [6.45, 7) is 6.07. The van der Waals surface area contributed by atoms with Crippen molar-refractivity contribution in [3.63, 3.8) is 0 Å². The minimum atomic E-state index is 0.295. The highest BCUT2D eigenvalue weighted by atomic mass is 79.9. The Morgan fingerprint density at radius 3 is 2.55 bits per heavy atom. The Bertz CT molecular complexity index is 389. The second kappa shape index (κ2) is 8.77. The van der Waals surface area contributed by atoms with Gasteiger partial charge in [-0.2, -0.15) is 5.10 Å². The smallest absolute Gasteiger partial charge is 0.0709 e. The number of aromatic nitrogens is 2. The molecule has 0 aliphatic heterocycles. The Balaban J connectivity index is 2.89. The second-order valence-electron chi connectivity index (χ2n) is 5.67. The summed E-state index contributed by atoms with van der Waals surface area (Å²) < 4.78 is 3.20. The minimum Gasteiger partial charge on any atom is -0.308 e. The lowest BCUT2D eigenvalue weighted by Crippen LogP contribution is -2.34. The molecule has 1 N–H and O–H groups in total. The predicted octanol–water partition coefficient (Wildman–Crippen LogP) is 1.81. The maximum atomic E-state index is 4.51. The van der Waals surface area contributed by atoms with Crippen LogP contribution in [0.2, 0.25) is 0 Å². The molecule has 0 saturated heterocycles. The zero-order valence-corrected chi connectivity index (χ0v) is 14.9. The Morgan fingerprint density at radius 1 is 1.30 bits per heavy atom. The van der Waals surface area contributed by atoms with Crippen molar-refractivity contribution in [3.05, 3.63) is 16.4 Å². The fraction of sp³-hybridized carbons (Fsp3) is 0.786. The van der Waals surface area contributed by atoms with Crippen molar-refractivity contribution in [3.8, 4) is 0 Å². The number of halogens is 1. The molecule has 0 fully saturated rings. The molecule has 20 heavy (non-hydrogen) atoms. The van der Waals surface area contributed by atoms with E-state index in [1.165, 1.54) is 5.69 Å². The summed E-state index contributed by atoms with van der Waals surface area (Å²) >= 11 is 3.65. The summed E-state index contributed by atoms with van der Waals surface area (Å²) in [6, 6.07) is 0.295. The van der Waals surface area contributed by atoms with Crippen LogP contribution in [0.25, 0.3) is 0 Å². The van der Waals surface area contributed by atoms with E-state index in [4.69, 9.17) is 0 Å². The summed E-state index contributed by atoms with van der Waals surface area (Å²) in [7, 11) is 8.39. The first-order valence-corrected chi connectivity index (χ1v) is 7.99. The van der Waals surface area contributed by atoms with Crippen molar-refractivity contribution >= 4 is 15.9 Å². The molecule has 1 unspecified atom stereocenters. The van der Waals surface area contributed by atoms with Crippen LogP contribution in [-0.2, 0) is 6.54 Å². The first-order valence-electron chi connectivity index (χ1n) is 7.19. The lowest BCUT2D eigenvalue weighted by molar-refractivity contribution is 0.319. The predicted molar refractivity (Wildman–Crippen MR) is 88.1 cm³/mol. The van der Waals surface area contributed by atoms with Crippen LogP contribution in [0, 0.1) is 0 Å². The van der Waals surface area contributed by atoms with E-state index in [9.17, 15) is 0 Å². The summed E-state index contributed by atoms with van der Waals surface area (Å²) in [5, 5.41) is 8.13. The zero-order chi connectivity index (χ0) is 15.1. The van der Waals surface area contributed by atoms with Gasteiger partial charge in [0.2, 0.25) is 0 Å². The van der Waals surface area contributed by atoms with Gasteiger partial charge in [0.15, 0.2) is 0 Å². The molecule has 0 saturated carbocycles. The number of hydrogen-bond acceptors (Lipinski definition) is 4. The van der Waals surface area contributed by atoms with Crippen LogP contribution < -0.4 is 5.32 Å². The van der Waals surface area contributed by atoms with Gasteiger partial charge in [0, 0.05) is 13.1 Å². The maximum absolute atomic E-state index is 4.51. The van der Waals surface area contributed by atoms with Crippen LogP contribution in [0.4, 0.5) is 0 Å². The minimum absolute atomic E-state index is 0.295. The van der Waals surface area contributed by atoms with Crippen molar-refractivity contribution in [1.29, 1.82) is 0 Å². The molecule has 6 heteroatoms. The molecule has 0 spiro atoms. The number of hydrogen-bond donors (Lipinski definition) is 1. The van der Waals surface area contributed by atoms with Crippen LogP contribution in [0.5, 0.6) is 0 Å². The molecule has 0 bridgehead atoms. The number of likely N-dealkylation sites (N-methyl/N-ethyl adjacent to an activating group) is 2. The van der Waals surface area contributed by atoms with E-state index in [1.54, 1.807) is 0 Å². The van der Waals surface area contributed by atoms with E-state index in [-0.39, 0.29) is 0 Å². The van der Waals surface area contributed by atoms with Crippen LogP contribution in [0.15, 0.2) is 10.7 Å². The molecule has 0 aliphatic rings. The van der Waals surface area contributed by atoms with Crippen molar-refractivity contribution in [2.45, 2.75) is 25.9 Å². The van der Waals surface area contributed by atoms with E-state index >= 15 is 0 Å². The van der Waals surface area contributed by atoms with Crippen LogP contribution in [0.3, 0.4) is 0 Å². The first-order chi connectivity index (χ1) is 9.45. The Hall–Kier alpha value is -0.430. The maximum Gasteiger partial charge on any atom is 0.0709 e. The van der Waals surface area contributed by atoms with Gasteiger partial charge in [-0.3, -0.25) is 4.68 Å². The van der Waals surface area contributed by atoms with E-state index < -0.39 is 0 Å². The molecular weight excluding hydrogens is 318 g/mol. The SMILES string of the molecule is CCCNC(CN(C)C)c1c(Br)cnn1CCN(C)C. The van der Waals surface area contributed by atoms with Gasteiger partial charge in [-0.1, -0.05) is 6.92 Å². The third-order valence-corrected chi connectivity index (χ3v) is 3.72. The van der Waals surface area contributed by atoms with Crippen LogP contribution in [0.1, 0.15) is 25.1 Å². The van der Waals surface area contributed by atoms with E-state index in [0.29, 0.717) is 6.04 Å². The van der Waals surface area contributed by atoms with Gasteiger partial charge in [-0.05, 0) is 57.1 Å². The molecule has 1 aromatic heterocycles. The third kappa shape index (κ3) is 5.52. The molecule has 1 atom stereocenters. The average Bonchev–Trinajstić information content (AvgIpc) is 2.73. The zero-order valence-electron chi connectivity index (χ0n) is 13.4. The quantitative estimate of drug-likeness (QED) is 0.740. The van der Waals surface area contributed by atoms with Crippen LogP contribution >= 0.6 is 15.9 Å². The average molecular weight is 346 g/mol. The van der Waals surface area contributed by atoms with E-state index in [1.807, 2.05) is 6.20 Å². The Morgan fingerprint density at radius 2 is 2.00 bits per heavy atom. The topological polar surface area (TPSA) is 36.3 Å². The van der Waals surface area contributed by atoms with Gasteiger partial charge in [0.05, 0.1) is 29.0 Å². The van der Waals surface area contributed by atoms with E-state index in [0.717, 1.165) is 37.1 Å². The lowest BCUT2D eigenvalue weighted by Gasteiger charge is -2.24. The molecule has 1 aromatic rings. The number of nitrogens with one attached hydrogen (secondary N) is 1. The highest BCUT2D eigenvalue weighted by molar-refractivity contribution is 9.10. The van der Waals surface area contributed by atoms with Gasteiger partial charge < -0.3 is 15.1 Å². The summed E-state index contributed by atoms with van der Waals surface area (Å²) in [5.74, 6) is 0. The third-order valence-electron chi connectivity index (χ3n) is 3.11. The first kappa shape index (κ1) is 17.6. The summed E-state index contributed by atoms with van der Waals surface area (Å²) in [4.78, 5) is 4.39. The number of nitrogens with zero attached hydrogens (tertiary/aromatic N) is 4. The molecule has 1 rings (SSSR count). The van der Waals surface area contributed by atoms with Crippen molar-refractivity contribution in [2.75, 3.05) is 47.8 Å². The highest BCUT2D eigenvalue weighted by Crippen LogP contribution is 2.24. The molecular formula is C14H28BrN5. The molecule has 0 radical (unpaired) electrons. The largest absolute Gasteiger partial charge is 0.308 e. The standard InChI is InChI=1S/C14H28BrN5/c1-6-7-16-13(11-19(4)5)14-12(15)10-17-20(14)9-8-18(2)3/h10,13,16H,6-9,11H2,1-5H3. The second-order valence-corrected chi connectivity index (χ2v) is 6.53. The fourth-order valence-electron chi connectivity index (χ4n) is 2.12. The molecule has 0 aromatic carbocycles. The molecule has 5 nitrogen and oxygen atoms in total. The number of rotatable bonds is 9. The molecule has 116 valence electrons. The van der Waals surface area contributed by atoms with Crippen molar-refractivity contribution in [2.24, 2.45) is 0 Å². The monoisotopic (exact) mass is 345 g/mol. The highest BCUT2D eigenvalue weighted by Gasteiger charge is 2.20. The Kier molecular flexibility index (Phi) is 7.72. The Labute approximate surface area is 131 Å². The molecule has 1 heterocycles. The molecule has 0 aliphatic carbocycles. The van der Waals surface area contributed by atoms with Gasteiger partial charge in [-0.25, -0.2) is 0 Å². The van der Waals surface area contributed by atoms with Gasteiger partial charge in [0.1, 0.15) is 0 Å². The van der Waals surface area contributed by atoms with E-state index in [2.05, 4.69) is 75.9 Å².